The zero-order valence-corrected chi connectivity index (χ0v) is 7.07. The van der Waals surface area contributed by atoms with E-state index in [0.29, 0.717) is 5.56 Å². The van der Waals surface area contributed by atoms with Crippen molar-refractivity contribution in [3.63, 3.8) is 0 Å². The van der Waals surface area contributed by atoms with Gasteiger partial charge in [0.1, 0.15) is 0 Å². The average Bonchev–Trinajstić information content (AvgIpc) is 2.17. The summed E-state index contributed by atoms with van der Waals surface area (Å²) in [4.78, 5) is 12.8. The third-order valence-corrected chi connectivity index (χ3v) is 1.62. The van der Waals surface area contributed by atoms with Crippen molar-refractivity contribution in [1.29, 1.82) is 1.43 Å². The lowest BCUT2D eigenvalue weighted by Crippen LogP contribution is -2.08. The predicted octanol–water partition coefficient (Wildman–Crippen LogP) is 1.45. The molecular weight excluding hydrogens is 154 g/mol. The summed E-state index contributed by atoms with van der Waals surface area (Å²) in [6.45, 7) is 0. The summed E-state index contributed by atoms with van der Waals surface area (Å²) in [6.07, 6.45) is 0. The van der Waals surface area contributed by atoms with E-state index in [9.17, 15) is 4.79 Å². The highest BCUT2D eigenvalue weighted by molar-refractivity contribution is 5.88. The molecule has 64 valence electrons. The van der Waals surface area contributed by atoms with E-state index in [2.05, 4.69) is 5.11 Å². The van der Waals surface area contributed by atoms with Gasteiger partial charge >= 0.3 is 5.97 Å². The molecule has 3 heteroatoms. The minimum absolute atomic E-state index is 0.389. The first kappa shape index (κ1) is 7.16. The Bertz CT molecular complexity index is 295. The van der Waals surface area contributed by atoms with E-state index in [-0.39, 0.29) is 0 Å². The first-order valence-electron chi connectivity index (χ1n) is 4.01. The first-order chi connectivity index (χ1) is 6.15. The number of carboxylic acid groups (broad SMARTS) is 1. The molecule has 0 aromatic heterocycles. The van der Waals surface area contributed by atoms with Gasteiger partial charge in [-0.25, -0.2) is 4.79 Å². The molecule has 0 saturated heterocycles. The zero-order valence-electron chi connectivity index (χ0n) is 8.07. The normalized spacial score (nSPS) is 10.3. The molecule has 0 fully saturated rings. The second-order valence-corrected chi connectivity index (χ2v) is 2.73. The number of nitrogens with zero attached hydrogens (tertiary/aromatic N) is 1. The van der Waals surface area contributed by atoms with E-state index in [1.807, 2.05) is 19.0 Å². The molecule has 0 aliphatic heterocycles. The maximum Gasteiger partial charge on any atom is 0.335 e. The standard InChI is InChI=1S/C9H11NO2/c1-10(2)8-5-3-7(4-6-8)9(11)12/h3-6H,1-2H3,(H,11,12)/i/hD. The van der Waals surface area contributed by atoms with Gasteiger partial charge in [0.25, 0.3) is 1.43 Å². The fraction of sp³-hybridized carbons (Fsp3) is 0.222. The highest BCUT2D eigenvalue weighted by Crippen LogP contribution is 2.11. The Morgan fingerprint density at radius 1 is 1.42 bits per heavy atom. The number of benzene rings is 1. The Hall–Kier alpha value is -1.51. The summed E-state index contributed by atoms with van der Waals surface area (Å²) in [5.74, 6) is -0.634. The Morgan fingerprint density at radius 2 is 2.00 bits per heavy atom. The topological polar surface area (TPSA) is 40.5 Å². The summed E-state index contributed by atoms with van der Waals surface area (Å²) in [6, 6.07) is 6.86. The lowest BCUT2D eigenvalue weighted by atomic mass is 10.2. The molecule has 0 radical (unpaired) electrons. The van der Waals surface area contributed by atoms with Gasteiger partial charge < -0.3 is 10.0 Å². The minimum Gasteiger partial charge on any atom is -0.478 e. The van der Waals surface area contributed by atoms with Gasteiger partial charge in [-0.05, 0) is 24.3 Å². The summed E-state index contributed by atoms with van der Waals surface area (Å²) < 4.78 is 6.42. The van der Waals surface area contributed by atoms with Crippen molar-refractivity contribution in [3.8, 4) is 0 Å². The summed E-state index contributed by atoms with van der Waals surface area (Å²) in [5.41, 5.74) is 1.39. The van der Waals surface area contributed by atoms with Gasteiger partial charge in [0.05, 0.1) is 5.56 Å². The van der Waals surface area contributed by atoms with Crippen LogP contribution in [0.25, 0.3) is 1.43 Å². The van der Waals surface area contributed by atoms with Gasteiger partial charge in [0.2, 0.25) is 0 Å². The molecule has 0 bridgehead atoms. The Balaban J connectivity index is 2.87. The van der Waals surface area contributed by atoms with Crippen LogP contribution in [0.5, 0.6) is 0 Å². The van der Waals surface area contributed by atoms with Crippen LogP contribution in [0.2, 0.25) is 0 Å². The molecule has 0 amide bonds. The highest BCUT2D eigenvalue weighted by Gasteiger charge is 2.01. The van der Waals surface area contributed by atoms with E-state index < -0.39 is 5.97 Å². The smallest absolute Gasteiger partial charge is 0.335 e. The molecule has 12 heavy (non-hydrogen) atoms. The molecule has 3 nitrogen and oxygen atoms in total. The molecule has 0 atom stereocenters. The van der Waals surface area contributed by atoms with Crippen LogP contribution in [0.1, 0.15) is 10.4 Å². The number of rotatable bonds is 2. The maximum absolute atomic E-state index is 10.9. The van der Waals surface area contributed by atoms with Crippen molar-refractivity contribution in [2.45, 2.75) is 0 Å². The molecule has 0 spiro atoms. The predicted molar refractivity (Wildman–Crippen MR) is 47.7 cm³/mol. The summed E-state index contributed by atoms with van der Waals surface area (Å²) >= 11 is 0. The number of carbonyl (C=O) groups is 1. The van der Waals surface area contributed by atoms with E-state index in [4.69, 9.17) is 1.43 Å². The molecule has 0 unspecified atom stereocenters. The van der Waals surface area contributed by atoms with Crippen LogP contribution in [-0.4, -0.2) is 25.2 Å². The number of hydrogen-bond donors (Lipinski definition) is 1. The third kappa shape index (κ3) is 1.75. The van der Waals surface area contributed by atoms with Crippen LogP contribution >= 0.6 is 0 Å². The molecule has 1 rings (SSSR count). The fourth-order valence-electron chi connectivity index (χ4n) is 0.896. The SMILES string of the molecule is [2H]OC(=O)c1ccc(N(C)C)cc1. The molecule has 0 heterocycles. The van der Waals surface area contributed by atoms with E-state index in [0.717, 1.165) is 5.69 Å². The number of hydrogen-bond acceptors (Lipinski definition) is 3. The molecule has 1 aromatic carbocycles. The van der Waals surface area contributed by atoms with Crippen LogP contribution < -0.4 is 4.90 Å². The van der Waals surface area contributed by atoms with Crippen molar-refractivity contribution in [3.05, 3.63) is 29.8 Å². The molecule has 0 aliphatic rings. The van der Waals surface area contributed by atoms with Crippen LogP contribution in [-0.2, 0) is 0 Å². The number of carboxylic acids is 1. The van der Waals surface area contributed by atoms with E-state index >= 15 is 0 Å². The lowest BCUT2D eigenvalue weighted by Gasteiger charge is -2.11. The van der Waals surface area contributed by atoms with Crippen LogP contribution in [0.3, 0.4) is 0 Å². The van der Waals surface area contributed by atoms with Gasteiger partial charge in [-0.15, -0.1) is 0 Å². The molecule has 0 saturated carbocycles. The fourth-order valence-corrected chi connectivity index (χ4v) is 0.896. The van der Waals surface area contributed by atoms with Crippen LogP contribution in [0.15, 0.2) is 24.3 Å². The molecular formula is C9H11NO2. The van der Waals surface area contributed by atoms with Gasteiger partial charge in [0, 0.05) is 19.8 Å². The Kier molecular flexibility index (Phi) is 1.94. The summed E-state index contributed by atoms with van der Waals surface area (Å²) in [7, 11) is 3.83. The first-order valence-corrected chi connectivity index (χ1v) is 3.60. The van der Waals surface area contributed by atoms with Crippen molar-refractivity contribution in [1.82, 2.24) is 0 Å². The number of anilines is 1. The van der Waals surface area contributed by atoms with Gasteiger partial charge in [-0.1, -0.05) is 0 Å². The third-order valence-electron chi connectivity index (χ3n) is 1.62. The van der Waals surface area contributed by atoms with Crippen molar-refractivity contribution in [2.75, 3.05) is 19.0 Å². The van der Waals surface area contributed by atoms with Crippen molar-refractivity contribution >= 4 is 11.7 Å². The Labute approximate surface area is 72.7 Å². The van der Waals surface area contributed by atoms with Crippen LogP contribution in [0, 0.1) is 0 Å². The lowest BCUT2D eigenvalue weighted by molar-refractivity contribution is 0.0697. The van der Waals surface area contributed by atoms with Crippen molar-refractivity contribution < 1.29 is 9.90 Å². The monoisotopic (exact) mass is 166 g/mol. The van der Waals surface area contributed by atoms with E-state index in [1.165, 1.54) is 0 Å². The second-order valence-electron chi connectivity index (χ2n) is 2.73. The average molecular weight is 166 g/mol. The largest absolute Gasteiger partial charge is 0.478 e. The van der Waals surface area contributed by atoms with Gasteiger partial charge in [-0.2, -0.15) is 0 Å². The van der Waals surface area contributed by atoms with Gasteiger partial charge in [-0.3, -0.25) is 0 Å². The quantitative estimate of drug-likeness (QED) is 0.722. The molecule has 0 aliphatic carbocycles. The molecule has 1 aromatic rings. The highest BCUT2D eigenvalue weighted by atomic mass is 16.4. The summed E-state index contributed by atoms with van der Waals surface area (Å²) in [5, 5.41) is 3.83. The molecule has 1 N–H and O–H groups in total. The van der Waals surface area contributed by atoms with Gasteiger partial charge in [0.15, 0.2) is 0 Å². The van der Waals surface area contributed by atoms with E-state index in [1.54, 1.807) is 24.3 Å². The second kappa shape index (κ2) is 3.26. The van der Waals surface area contributed by atoms with Crippen molar-refractivity contribution in [2.24, 2.45) is 0 Å². The maximum atomic E-state index is 10.9. The number of aromatic carboxylic acids is 1. The minimum atomic E-state index is -0.634. The van der Waals surface area contributed by atoms with Crippen LogP contribution in [0.4, 0.5) is 5.69 Å². The Morgan fingerprint density at radius 3 is 2.42 bits per heavy atom. The zero-order chi connectivity index (χ0) is 9.84.